The third kappa shape index (κ3) is 1.23. The Hall–Kier alpha value is -1.48. The van der Waals surface area contributed by atoms with Crippen molar-refractivity contribution in [3.63, 3.8) is 0 Å². The van der Waals surface area contributed by atoms with Crippen LogP contribution >= 0.6 is 11.3 Å². The normalized spacial score (nSPS) is 11.3. The lowest BCUT2D eigenvalue weighted by atomic mass is 10.1. The molecule has 0 atom stereocenters. The first-order valence-electron chi connectivity index (χ1n) is 4.52. The van der Waals surface area contributed by atoms with E-state index in [-0.39, 0.29) is 0 Å². The molecular weight excluding hydrogens is 214 g/mol. The quantitative estimate of drug-likeness (QED) is 0.529. The molecule has 2 aromatic carbocycles. The lowest BCUT2D eigenvalue weighted by Gasteiger charge is -1.93. The fourth-order valence-corrected chi connectivity index (χ4v) is 2.83. The minimum Gasteiger partial charge on any atom is -0.204 e. The van der Waals surface area contributed by atoms with E-state index in [9.17, 15) is 8.78 Å². The molecule has 0 aliphatic rings. The van der Waals surface area contributed by atoms with Crippen molar-refractivity contribution >= 4 is 31.5 Å². The molecule has 0 nitrogen and oxygen atoms in total. The van der Waals surface area contributed by atoms with Gasteiger partial charge in [-0.1, -0.05) is 18.2 Å². The standard InChI is InChI=1S/C12H6F2S/c13-9-5-8-7-3-1-2-4-11(7)15-12(8)6-10(9)14/h1-6H. The third-order valence-electron chi connectivity index (χ3n) is 2.42. The van der Waals surface area contributed by atoms with Crippen molar-refractivity contribution in [3.05, 3.63) is 48.0 Å². The Kier molecular flexibility index (Phi) is 1.76. The zero-order chi connectivity index (χ0) is 10.4. The van der Waals surface area contributed by atoms with E-state index < -0.39 is 11.6 Å². The summed E-state index contributed by atoms with van der Waals surface area (Å²) in [4.78, 5) is 0. The smallest absolute Gasteiger partial charge is 0.160 e. The average Bonchev–Trinajstić information content (AvgIpc) is 2.57. The predicted octanol–water partition coefficient (Wildman–Crippen LogP) is 4.33. The van der Waals surface area contributed by atoms with Gasteiger partial charge in [0, 0.05) is 20.2 Å². The van der Waals surface area contributed by atoms with E-state index in [0.29, 0.717) is 0 Å². The highest BCUT2D eigenvalue weighted by molar-refractivity contribution is 7.25. The summed E-state index contributed by atoms with van der Waals surface area (Å²) >= 11 is 1.48. The van der Waals surface area contributed by atoms with Crippen LogP contribution in [0.2, 0.25) is 0 Å². The molecule has 3 heteroatoms. The Balaban J connectivity index is 2.56. The van der Waals surface area contributed by atoms with Gasteiger partial charge in [0.15, 0.2) is 11.6 Å². The monoisotopic (exact) mass is 220 g/mol. The maximum absolute atomic E-state index is 13.1. The van der Waals surface area contributed by atoms with Crippen LogP contribution in [0.15, 0.2) is 36.4 Å². The molecule has 1 aromatic heterocycles. The number of hydrogen-bond acceptors (Lipinski definition) is 1. The minimum atomic E-state index is -0.786. The van der Waals surface area contributed by atoms with E-state index in [1.54, 1.807) is 0 Å². The topological polar surface area (TPSA) is 0 Å². The lowest BCUT2D eigenvalue weighted by Crippen LogP contribution is -1.80. The second kappa shape index (κ2) is 3.00. The van der Waals surface area contributed by atoms with Crippen LogP contribution in [0.25, 0.3) is 20.2 Å². The van der Waals surface area contributed by atoms with E-state index in [2.05, 4.69) is 0 Å². The van der Waals surface area contributed by atoms with Crippen molar-refractivity contribution < 1.29 is 8.78 Å². The highest BCUT2D eigenvalue weighted by Crippen LogP contribution is 2.34. The van der Waals surface area contributed by atoms with Crippen LogP contribution in [-0.2, 0) is 0 Å². The Morgan fingerprint density at radius 1 is 0.800 bits per heavy atom. The van der Waals surface area contributed by atoms with Gasteiger partial charge in [-0.05, 0) is 18.2 Å². The van der Waals surface area contributed by atoms with Crippen LogP contribution in [0.4, 0.5) is 8.78 Å². The number of halogens is 2. The first-order valence-corrected chi connectivity index (χ1v) is 5.33. The predicted molar refractivity (Wildman–Crippen MR) is 59.2 cm³/mol. The molecule has 0 aliphatic carbocycles. The molecule has 0 aliphatic heterocycles. The van der Waals surface area contributed by atoms with E-state index in [0.717, 1.165) is 20.2 Å². The molecule has 3 rings (SSSR count). The maximum atomic E-state index is 13.1. The van der Waals surface area contributed by atoms with Gasteiger partial charge in [0.05, 0.1) is 0 Å². The summed E-state index contributed by atoms with van der Waals surface area (Å²) < 4.78 is 27.9. The van der Waals surface area contributed by atoms with Crippen LogP contribution < -0.4 is 0 Å². The van der Waals surface area contributed by atoms with Gasteiger partial charge >= 0.3 is 0 Å². The molecule has 74 valence electrons. The molecular formula is C12H6F2S. The molecule has 0 saturated carbocycles. The molecule has 1 heterocycles. The fraction of sp³-hybridized carbons (Fsp3) is 0. The van der Waals surface area contributed by atoms with Gasteiger partial charge in [-0.15, -0.1) is 11.3 Å². The number of fused-ring (bicyclic) bond motifs is 3. The Labute approximate surface area is 88.8 Å². The van der Waals surface area contributed by atoms with E-state index in [1.165, 1.54) is 23.5 Å². The minimum absolute atomic E-state index is 0.783. The van der Waals surface area contributed by atoms with E-state index in [1.807, 2.05) is 24.3 Å². The SMILES string of the molecule is Fc1cc2sc3ccccc3c2cc1F. The number of hydrogen-bond donors (Lipinski definition) is 0. The van der Waals surface area contributed by atoms with Crippen molar-refractivity contribution in [2.24, 2.45) is 0 Å². The summed E-state index contributed by atoms with van der Waals surface area (Å²) in [5.41, 5.74) is 0. The van der Waals surface area contributed by atoms with Gasteiger partial charge in [-0.25, -0.2) is 8.78 Å². The fourth-order valence-electron chi connectivity index (χ4n) is 1.72. The highest BCUT2D eigenvalue weighted by atomic mass is 32.1. The molecule has 0 fully saturated rings. The number of rotatable bonds is 0. The van der Waals surface area contributed by atoms with Crippen molar-refractivity contribution in [2.45, 2.75) is 0 Å². The molecule has 0 bridgehead atoms. The molecule has 3 aromatic rings. The zero-order valence-electron chi connectivity index (χ0n) is 7.63. The van der Waals surface area contributed by atoms with Crippen LogP contribution in [0, 0.1) is 11.6 Å². The molecule has 0 saturated heterocycles. The van der Waals surface area contributed by atoms with E-state index in [4.69, 9.17) is 0 Å². The van der Waals surface area contributed by atoms with Gasteiger partial charge in [0.25, 0.3) is 0 Å². The molecule has 0 spiro atoms. The van der Waals surface area contributed by atoms with Crippen molar-refractivity contribution in [1.82, 2.24) is 0 Å². The summed E-state index contributed by atoms with van der Waals surface area (Å²) in [7, 11) is 0. The molecule has 0 unspecified atom stereocenters. The largest absolute Gasteiger partial charge is 0.204 e. The second-order valence-electron chi connectivity index (χ2n) is 3.36. The third-order valence-corrected chi connectivity index (χ3v) is 3.55. The first-order chi connectivity index (χ1) is 7.25. The van der Waals surface area contributed by atoms with Crippen LogP contribution in [0.3, 0.4) is 0 Å². The van der Waals surface area contributed by atoms with E-state index >= 15 is 0 Å². The van der Waals surface area contributed by atoms with Crippen LogP contribution in [0.5, 0.6) is 0 Å². The summed E-state index contributed by atoms with van der Waals surface area (Å²) in [6.45, 7) is 0. The lowest BCUT2D eigenvalue weighted by molar-refractivity contribution is 0.511. The average molecular weight is 220 g/mol. The van der Waals surface area contributed by atoms with Gasteiger partial charge in [-0.2, -0.15) is 0 Å². The van der Waals surface area contributed by atoms with Crippen LogP contribution in [0.1, 0.15) is 0 Å². The van der Waals surface area contributed by atoms with Crippen molar-refractivity contribution in [2.75, 3.05) is 0 Å². The Morgan fingerprint density at radius 2 is 1.53 bits per heavy atom. The second-order valence-corrected chi connectivity index (χ2v) is 4.44. The molecule has 0 N–H and O–H groups in total. The number of thiophene rings is 1. The molecule has 0 amide bonds. The van der Waals surface area contributed by atoms with Crippen LogP contribution in [-0.4, -0.2) is 0 Å². The highest BCUT2D eigenvalue weighted by Gasteiger charge is 2.09. The summed E-state index contributed by atoms with van der Waals surface area (Å²) in [6.07, 6.45) is 0. The molecule has 0 radical (unpaired) electrons. The van der Waals surface area contributed by atoms with Gasteiger partial charge in [0.2, 0.25) is 0 Å². The van der Waals surface area contributed by atoms with Crippen molar-refractivity contribution in [3.8, 4) is 0 Å². The Morgan fingerprint density at radius 3 is 2.40 bits per heavy atom. The van der Waals surface area contributed by atoms with Gasteiger partial charge in [-0.3, -0.25) is 0 Å². The number of benzene rings is 2. The van der Waals surface area contributed by atoms with Crippen molar-refractivity contribution in [1.29, 1.82) is 0 Å². The first kappa shape index (κ1) is 8.80. The summed E-state index contributed by atoms with van der Waals surface area (Å²) in [5, 5.41) is 1.77. The zero-order valence-corrected chi connectivity index (χ0v) is 8.44. The summed E-state index contributed by atoms with van der Waals surface area (Å²) in [6, 6.07) is 10.2. The maximum Gasteiger partial charge on any atom is 0.160 e. The van der Waals surface area contributed by atoms with Gasteiger partial charge in [0.1, 0.15) is 0 Å². The van der Waals surface area contributed by atoms with Gasteiger partial charge < -0.3 is 0 Å². The molecule has 15 heavy (non-hydrogen) atoms. The Bertz CT molecular complexity index is 655. The summed E-state index contributed by atoms with van der Waals surface area (Å²) in [5.74, 6) is -1.57.